The first-order valence-corrected chi connectivity index (χ1v) is 9.70. The van der Waals surface area contributed by atoms with Crippen LogP contribution in [0.25, 0.3) is 0 Å². The molecule has 0 atom stereocenters. The van der Waals surface area contributed by atoms with Crippen molar-refractivity contribution in [1.82, 2.24) is 9.80 Å². The molecule has 1 heterocycles. The first kappa shape index (κ1) is 24.6. The number of ether oxygens (including phenoxy) is 2. The first-order valence-electron chi connectivity index (χ1n) is 9.70. The number of hydrogen-bond acceptors (Lipinski definition) is 6. The van der Waals surface area contributed by atoms with Crippen LogP contribution in [0.3, 0.4) is 0 Å². The molecular weight excluding hydrogens is 423 g/mol. The topological polar surface area (TPSA) is 117 Å². The molecule has 0 aliphatic carbocycles. The third-order valence-corrected chi connectivity index (χ3v) is 4.82. The SMILES string of the molecule is COc1ccc(C(=O)N2CCN(Cc3ccccc3F)CC2)cc1OC.O=C(O)C(=O)O. The van der Waals surface area contributed by atoms with E-state index >= 15 is 0 Å². The van der Waals surface area contributed by atoms with Crippen molar-refractivity contribution < 1.29 is 38.5 Å². The number of aliphatic carboxylic acids is 2. The summed E-state index contributed by atoms with van der Waals surface area (Å²) in [5.74, 6) is -2.73. The fourth-order valence-corrected chi connectivity index (χ4v) is 3.13. The largest absolute Gasteiger partial charge is 0.493 e. The fourth-order valence-electron chi connectivity index (χ4n) is 3.13. The Balaban J connectivity index is 0.000000534. The Morgan fingerprint density at radius 3 is 2.03 bits per heavy atom. The molecule has 0 spiro atoms. The van der Waals surface area contributed by atoms with Crippen molar-refractivity contribution >= 4 is 17.8 Å². The molecule has 32 heavy (non-hydrogen) atoms. The zero-order chi connectivity index (χ0) is 23.7. The van der Waals surface area contributed by atoms with Gasteiger partial charge in [-0.05, 0) is 24.3 Å². The molecule has 10 heteroatoms. The van der Waals surface area contributed by atoms with E-state index < -0.39 is 11.9 Å². The van der Waals surface area contributed by atoms with Crippen LogP contribution in [-0.4, -0.2) is 78.3 Å². The molecule has 1 fully saturated rings. The van der Waals surface area contributed by atoms with Gasteiger partial charge in [0.2, 0.25) is 0 Å². The van der Waals surface area contributed by atoms with Crippen LogP contribution >= 0.6 is 0 Å². The van der Waals surface area contributed by atoms with E-state index in [1.807, 2.05) is 11.0 Å². The molecular formula is C22H25FN2O7. The molecule has 1 saturated heterocycles. The number of nitrogens with zero attached hydrogens (tertiary/aromatic N) is 2. The number of rotatable bonds is 5. The fraction of sp³-hybridized carbons (Fsp3) is 0.318. The monoisotopic (exact) mass is 448 g/mol. The van der Waals surface area contributed by atoms with Crippen molar-refractivity contribution in [2.24, 2.45) is 0 Å². The number of piperazine rings is 1. The minimum absolute atomic E-state index is 0.0310. The van der Waals surface area contributed by atoms with Crippen LogP contribution in [0, 0.1) is 5.82 Å². The van der Waals surface area contributed by atoms with Gasteiger partial charge in [0.15, 0.2) is 11.5 Å². The van der Waals surface area contributed by atoms with Crippen LogP contribution in [0.2, 0.25) is 0 Å². The van der Waals surface area contributed by atoms with Gasteiger partial charge >= 0.3 is 11.9 Å². The molecule has 2 aromatic rings. The molecule has 1 aliphatic rings. The van der Waals surface area contributed by atoms with E-state index in [0.29, 0.717) is 55.3 Å². The molecule has 0 radical (unpaired) electrons. The van der Waals surface area contributed by atoms with Gasteiger partial charge < -0.3 is 24.6 Å². The molecule has 9 nitrogen and oxygen atoms in total. The smallest absolute Gasteiger partial charge is 0.414 e. The highest BCUT2D eigenvalue weighted by molar-refractivity contribution is 6.27. The summed E-state index contributed by atoms with van der Waals surface area (Å²) in [5.41, 5.74) is 1.26. The summed E-state index contributed by atoms with van der Waals surface area (Å²) in [7, 11) is 3.11. The average Bonchev–Trinajstić information content (AvgIpc) is 2.80. The highest BCUT2D eigenvalue weighted by Crippen LogP contribution is 2.28. The summed E-state index contributed by atoms with van der Waals surface area (Å²) in [6.07, 6.45) is 0. The van der Waals surface area contributed by atoms with E-state index in [1.165, 1.54) is 6.07 Å². The van der Waals surface area contributed by atoms with Crippen molar-refractivity contribution in [3.05, 3.63) is 59.4 Å². The lowest BCUT2D eigenvalue weighted by Crippen LogP contribution is -2.48. The Labute approximate surface area is 184 Å². The summed E-state index contributed by atoms with van der Waals surface area (Å²) in [6, 6.07) is 12.0. The van der Waals surface area contributed by atoms with E-state index in [1.54, 1.807) is 44.6 Å². The Morgan fingerprint density at radius 2 is 1.50 bits per heavy atom. The number of hydrogen-bond donors (Lipinski definition) is 2. The molecule has 172 valence electrons. The van der Waals surface area contributed by atoms with Crippen LogP contribution < -0.4 is 9.47 Å². The number of benzene rings is 2. The van der Waals surface area contributed by atoms with Crippen LogP contribution in [0.15, 0.2) is 42.5 Å². The van der Waals surface area contributed by atoms with Gasteiger partial charge in [-0.15, -0.1) is 0 Å². The van der Waals surface area contributed by atoms with E-state index in [0.717, 1.165) is 0 Å². The number of carboxylic acids is 2. The van der Waals surface area contributed by atoms with Gasteiger partial charge in [-0.1, -0.05) is 18.2 Å². The lowest BCUT2D eigenvalue weighted by Gasteiger charge is -2.35. The maximum Gasteiger partial charge on any atom is 0.414 e. The number of carbonyl (C=O) groups is 3. The number of carboxylic acid groups (broad SMARTS) is 2. The summed E-state index contributed by atoms with van der Waals surface area (Å²) in [6.45, 7) is 3.22. The molecule has 0 saturated carbocycles. The maximum atomic E-state index is 13.8. The van der Waals surface area contributed by atoms with Crippen molar-refractivity contribution in [3.8, 4) is 11.5 Å². The van der Waals surface area contributed by atoms with Crippen molar-refractivity contribution in [2.75, 3.05) is 40.4 Å². The van der Waals surface area contributed by atoms with E-state index in [4.69, 9.17) is 29.3 Å². The van der Waals surface area contributed by atoms with E-state index in [9.17, 15) is 9.18 Å². The lowest BCUT2D eigenvalue weighted by atomic mass is 10.1. The van der Waals surface area contributed by atoms with Gasteiger partial charge in [0, 0.05) is 43.9 Å². The lowest BCUT2D eigenvalue weighted by molar-refractivity contribution is -0.159. The molecule has 3 rings (SSSR count). The minimum Gasteiger partial charge on any atom is -0.493 e. The molecule has 0 aromatic heterocycles. The predicted octanol–water partition coefficient (Wildman–Crippen LogP) is 1.96. The summed E-state index contributed by atoms with van der Waals surface area (Å²) in [5, 5.41) is 14.8. The Bertz CT molecular complexity index is 947. The van der Waals surface area contributed by atoms with Crippen molar-refractivity contribution in [2.45, 2.75) is 6.54 Å². The summed E-state index contributed by atoms with van der Waals surface area (Å²) >= 11 is 0. The van der Waals surface area contributed by atoms with Crippen LogP contribution in [-0.2, 0) is 16.1 Å². The number of amides is 1. The van der Waals surface area contributed by atoms with Gasteiger partial charge in [-0.2, -0.15) is 0 Å². The third kappa shape index (κ3) is 6.67. The van der Waals surface area contributed by atoms with Crippen LogP contribution in [0.4, 0.5) is 4.39 Å². The standard InChI is InChI=1S/C20H23FN2O3.C2H2O4/c1-25-18-8-7-15(13-19(18)26-2)20(24)23-11-9-22(10-12-23)14-16-5-3-4-6-17(16)21;3-1(4)2(5)6/h3-8,13H,9-12,14H2,1-2H3;(H,3,4)(H,5,6). The number of methoxy groups -OCH3 is 2. The van der Waals surface area contributed by atoms with Crippen LogP contribution in [0.1, 0.15) is 15.9 Å². The molecule has 2 N–H and O–H groups in total. The maximum absolute atomic E-state index is 13.8. The second-order valence-electron chi connectivity index (χ2n) is 6.84. The zero-order valence-corrected chi connectivity index (χ0v) is 17.8. The molecule has 2 aromatic carbocycles. The normalized spacial score (nSPS) is 13.5. The average molecular weight is 448 g/mol. The Kier molecular flexibility index (Phi) is 8.96. The van der Waals surface area contributed by atoms with Gasteiger partial charge in [0.1, 0.15) is 5.82 Å². The highest BCUT2D eigenvalue weighted by atomic mass is 19.1. The Hall–Kier alpha value is -3.66. The predicted molar refractivity (Wildman–Crippen MR) is 112 cm³/mol. The van der Waals surface area contributed by atoms with Gasteiger partial charge in [0.25, 0.3) is 5.91 Å². The second kappa shape index (κ2) is 11.7. The minimum atomic E-state index is -1.82. The van der Waals surface area contributed by atoms with E-state index in [2.05, 4.69) is 4.90 Å². The van der Waals surface area contributed by atoms with Gasteiger partial charge in [-0.3, -0.25) is 9.69 Å². The Morgan fingerprint density at radius 1 is 0.906 bits per heavy atom. The zero-order valence-electron chi connectivity index (χ0n) is 17.8. The van der Waals surface area contributed by atoms with Gasteiger partial charge in [-0.25, -0.2) is 14.0 Å². The van der Waals surface area contributed by atoms with Gasteiger partial charge in [0.05, 0.1) is 14.2 Å². The second-order valence-corrected chi connectivity index (χ2v) is 6.84. The number of carbonyl (C=O) groups excluding carboxylic acids is 1. The summed E-state index contributed by atoms with van der Waals surface area (Å²) in [4.78, 5) is 34.9. The molecule has 0 unspecified atom stereocenters. The first-order chi connectivity index (χ1) is 15.3. The van der Waals surface area contributed by atoms with Crippen molar-refractivity contribution in [1.29, 1.82) is 0 Å². The molecule has 1 amide bonds. The van der Waals surface area contributed by atoms with Crippen LogP contribution in [0.5, 0.6) is 11.5 Å². The molecule has 1 aliphatic heterocycles. The molecule has 0 bridgehead atoms. The summed E-state index contributed by atoms with van der Waals surface area (Å²) < 4.78 is 24.3. The van der Waals surface area contributed by atoms with Crippen molar-refractivity contribution in [3.63, 3.8) is 0 Å². The highest BCUT2D eigenvalue weighted by Gasteiger charge is 2.23. The number of halogens is 1. The quantitative estimate of drug-likeness (QED) is 0.667. The van der Waals surface area contributed by atoms with E-state index in [-0.39, 0.29) is 11.7 Å². The third-order valence-electron chi connectivity index (χ3n) is 4.82.